The van der Waals surface area contributed by atoms with Crippen molar-refractivity contribution in [3.05, 3.63) is 82.3 Å². The number of thiazole rings is 1. The average molecular weight is 741 g/mol. The van der Waals surface area contributed by atoms with Gasteiger partial charge in [-0.2, -0.15) is 0 Å². The first kappa shape index (κ1) is 42.7. The molecule has 3 unspecified atom stereocenters. The van der Waals surface area contributed by atoms with Crippen molar-refractivity contribution < 1.29 is 0 Å². The van der Waals surface area contributed by atoms with E-state index < -0.39 is 5.54 Å². The minimum absolute atomic E-state index is 0.0512. The number of thioether (sulfide) groups is 1. The second-order valence-electron chi connectivity index (χ2n) is 21.2. The van der Waals surface area contributed by atoms with Crippen LogP contribution in [-0.4, -0.2) is 16.3 Å². The van der Waals surface area contributed by atoms with Gasteiger partial charge >= 0.3 is 0 Å². The fourth-order valence-electron chi connectivity index (χ4n) is 8.71. The van der Waals surface area contributed by atoms with E-state index >= 15 is 0 Å². The maximum atomic E-state index is 7.76. The summed E-state index contributed by atoms with van der Waals surface area (Å²) in [5.41, 5.74) is 21.2. The number of hydrogen-bond donors (Lipinski definition) is 1. The lowest BCUT2D eigenvalue weighted by Gasteiger charge is -2.56. The molecule has 1 aromatic carbocycles. The van der Waals surface area contributed by atoms with Crippen molar-refractivity contribution in [3.8, 4) is 0 Å². The van der Waals surface area contributed by atoms with Crippen LogP contribution in [0.1, 0.15) is 143 Å². The van der Waals surface area contributed by atoms with Crippen LogP contribution in [0.4, 0.5) is 0 Å². The molecule has 3 atom stereocenters. The van der Waals surface area contributed by atoms with Crippen LogP contribution in [0.15, 0.2) is 86.7 Å². The molecule has 286 valence electrons. The van der Waals surface area contributed by atoms with Gasteiger partial charge in [-0.15, -0.1) is 11.3 Å². The lowest BCUT2D eigenvalue weighted by atomic mass is 9.49. The van der Waals surface area contributed by atoms with E-state index in [1.54, 1.807) is 5.57 Å². The first-order valence-electron chi connectivity index (χ1n) is 19.7. The minimum Gasteiger partial charge on any atom is -0.324 e. The van der Waals surface area contributed by atoms with Gasteiger partial charge in [-0.05, 0) is 114 Å². The van der Waals surface area contributed by atoms with E-state index in [4.69, 9.17) is 10.7 Å². The van der Waals surface area contributed by atoms with Crippen LogP contribution < -0.4 is 5.73 Å². The molecule has 2 N–H and O–H groups in total. The zero-order chi connectivity index (χ0) is 39.1. The molecule has 52 heavy (non-hydrogen) atoms. The summed E-state index contributed by atoms with van der Waals surface area (Å²) < 4.78 is 2.43. The number of rotatable bonds is 14. The molecule has 0 amide bonds. The standard InChI is InChI=1S/C48H72N2S2/c1-33-21-25-36(26-22-33)38(29-42(2,3)4)48(16,49)45(10,11)30-37(44(8,9)32-46(12,13)47(14,15)43(5,6)7)35-27-23-34(24-28-35)31-51-41-50-39-19-17-18-20-40(39)52-41/h17-21,23,25,27,37-38H,24,28-32,49H2,1-16H3. The van der Waals surface area contributed by atoms with Gasteiger partial charge in [0, 0.05) is 22.8 Å². The molecule has 0 saturated heterocycles. The molecule has 4 rings (SSSR count). The van der Waals surface area contributed by atoms with Crippen LogP contribution in [0, 0.1) is 44.3 Å². The molecule has 0 saturated carbocycles. The number of benzene rings is 1. The normalized spacial score (nSPS) is 18.8. The summed E-state index contributed by atoms with van der Waals surface area (Å²) in [6.07, 6.45) is 14.8. The number of para-hydroxylation sites is 1. The third-order valence-electron chi connectivity index (χ3n) is 13.8. The molecule has 4 heteroatoms. The zero-order valence-electron chi connectivity index (χ0n) is 35.9. The highest BCUT2D eigenvalue weighted by Gasteiger charge is 2.52. The quantitative estimate of drug-likeness (QED) is 0.155. The maximum Gasteiger partial charge on any atom is 0.151 e. The van der Waals surface area contributed by atoms with Gasteiger partial charge in [0.05, 0.1) is 10.2 Å². The summed E-state index contributed by atoms with van der Waals surface area (Å²) in [7, 11) is 0. The van der Waals surface area contributed by atoms with Crippen molar-refractivity contribution in [3.63, 3.8) is 0 Å². The van der Waals surface area contributed by atoms with Gasteiger partial charge in [-0.1, -0.05) is 156 Å². The first-order valence-corrected chi connectivity index (χ1v) is 21.5. The van der Waals surface area contributed by atoms with Crippen LogP contribution in [0.25, 0.3) is 10.2 Å². The Labute approximate surface area is 327 Å². The molecule has 1 aromatic heterocycles. The molecule has 2 aliphatic rings. The van der Waals surface area contributed by atoms with E-state index in [1.807, 2.05) is 23.1 Å². The van der Waals surface area contributed by atoms with Gasteiger partial charge in [-0.3, -0.25) is 0 Å². The maximum absolute atomic E-state index is 7.76. The Bertz CT molecular complexity index is 1760. The van der Waals surface area contributed by atoms with Gasteiger partial charge in [0.2, 0.25) is 0 Å². The topological polar surface area (TPSA) is 38.9 Å². The van der Waals surface area contributed by atoms with Crippen molar-refractivity contribution in [1.29, 1.82) is 0 Å². The summed E-state index contributed by atoms with van der Waals surface area (Å²) >= 11 is 3.70. The second kappa shape index (κ2) is 15.2. The Morgan fingerprint density at radius 1 is 0.788 bits per heavy atom. The van der Waals surface area contributed by atoms with Crippen molar-refractivity contribution in [2.24, 2.45) is 50.1 Å². The van der Waals surface area contributed by atoms with Gasteiger partial charge in [0.15, 0.2) is 4.34 Å². The van der Waals surface area contributed by atoms with Gasteiger partial charge in [0.1, 0.15) is 0 Å². The lowest BCUT2D eigenvalue weighted by molar-refractivity contribution is -0.0494. The van der Waals surface area contributed by atoms with Crippen LogP contribution in [-0.2, 0) is 0 Å². The van der Waals surface area contributed by atoms with Crippen LogP contribution in [0.3, 0.4) is 0 Å². The number of hydrogen-bond acceptors (Lipinski definition) is 4. The smallest absolute Gasteiger partial charge is 0.151 e. The van der Waals surface area contributed by atoms with Crippen LogP contribution in [0.2, 0.25) is 0 Å². The summed E-state index contributed by atoms with van der Waals surface area (Å²) in [4.78, 5) is 4.89. The Morgan fingerprint density at radius 2 is 1.44 bits per heavy atom. The molecule has 0 spiro atoms. The Hall–Kier alpha value is -2.06. The molecule has 0 fully saturated rings. The predicted molar refractivity (Wildman–Crippen MR) is 232 cm³/mol. The summed E-state index contributed by atoms with van der Waals surface area (Å²) in [6, 6.07) is 8.48. The molecular formula is C48H72N2S2. The third kappa shape index (κ3) is 9.59. The van der Waals surface area contributed by atoms with E-state index in [9.17, 15) is 0 Å². The SMILES string of the molecule is CC1=C=C=C(C(CC(C)(C)C)C(C)(N)C(C)(C)CC(C2=CC=C(CSc3nc4ccccc4s3)CC2)C(C)(C)CC(C)(C)C(C)(C)C(C)(C)C)C=C1. The Kier molecular flexibility index (Phi) is 12.5. The van der Waals surface area contributed by atoms with Crippen LogP contribution in [0.5, 0.6) is 0 Å². The summed E-state index contributed by atoms with van der Waals surface area (Å²) in [5.74, 6) is 1.54. The van der Waals surface area contributed by atoms with E-state index in [-0.39, 0.29) is 38.4 Å². The summed E-state index contributed by atoms with van der Waals surface area (Å²) in [5, 5.41) is 0. The number of nitrogens with two attached hydrogens (primary N) is 1. The first-order chi connectivity index (χ1) is 23.7. The lowest BCUT2D eigenvalue weighted by Crippen LogP contribution is -2.58. The van der Waals surface area contributed by atoms with Crippen molar-refractivity contribution in [2.45, 2.75) is 153 Å². The Morgan fingerprint density at radius 3 is 1.98 bits per heavy atom. The number of fused-ring (bicyclic) bond motifs is 1. The van der Waals surface area contributed by atoms with E-state index in [0.717, 1.165) is 53.3 Å². The number of aromatic nitrogens is 1. The number of allylic oxidation sites excluding steroid dienone is 6. The highest BCUT2D eigenvalue weighted by Crippen LogP contribution is 2.59. The van der Waals surface area contributed by atoms with E-state index in [0.29, 0.717) is 5.92 Å². The predicted octanol–water partition coefficient (Wildman–Crippen LogP) is 14.5. The fourth-order valence-corrected chi connectivity index (χ4v) is 10.8. The molecular weight excluding hydrogens is 669 g/mol. The molecule has 2 aromatic rings. The number of nitrogens with zero attached hydrogens (tertiary/aromatic N) is 1. The van der Waals surface area contributed by atoms with Crippen LogP contribution >= 0.6 is 23.1 Å². The third-order valence-corrected chi connectivity index (χ3v) is 16.1. The van der Waals surface area contributed by atoms with Crippen molar-refractivity contribution in [2.75, 3.05) is 5.75 Å². The zero-order valence-corrected chi connectivity index (χ0v) is 37.5. The second-order valence-corrected chi connectivity index (χ2v) is 23.4. The van der Waals surface area contributed by atoms with E-state index in [2.05, 4.69) is 171 Å². The molecule has 0 aliphatic heterocycles. The highest BCUT2D eigenvalue weighted by atomic mass is 32.2. The fraction of sp³-hybridized carbons (Fsp3) is 0.646. The van der Waals surface area contributed by atoms with Gasteiger partial charge in [0.25, 0.3) is 0 Å². The minimum atomic E-state index is -0.474. The van der Waals surface area contributed by atoms with Gasteiger partial charge in [-0.25, -0.2) is 4.98 Å². The molecule has 2 aliphatic carbocycles. The van der Waals surface area contributed by atoms with Crippen molar-refractivity contribution in [1.82, 2.24) is 4.98 Å². The molecule has 1 heterocycles. The molecule has 2 nitrogen and oxygen atoms in total. The highest BCUT2D eigenvalue weighted by molar-refractivity contribution is 8.01. The molecule has 0 radical (unpaired) electrons. The summed E-state index contributed by atoms with van der Waals surface area (Å²) in [6.45, 7) is 38.7. The van der Waals surface area contributed by atoms with Gasteiger partial charge < -0.3 is 5.73 Å². The average Bonchev–Trinajstić information content (AvgIpc) is 3.44. The molecule has 0 bridgehead atoms. The van der Waals surface area contributed by atoms with Crippen molar-refractivity contribution >= 4 is 33.3 Å². The van der Waals surface area contributed by atoms with E-state index in [1.165, 1.54) is 15.8 Å². The largest absolute Gasteiger partial charge is 0.324 e. The Balaban J connectivity index is 1.72. The monoisotopic (exact) mass is 741 g/mol.